The Morgan fingerprint density at radius 3 is 2.35 bits per heavy atom. The summed E-state index contributed by atoms with van der Waals surface area (Å²) in [4.78, 5) is 41.2. The van der Waals surface area contributed by atoms with Crippen LogP contribution in [-0.2, 0) is 9.59 Å². The Balaban J connectivity index is 1.67. The van der Waals surface area contributed by atoms with E-state index in [0.29, 0.717) is 11.3 Å². The zero-order valence-corrected chi connectivity index (χ0v) is 19.2. The first-order chi connectivity index (χ1) is 16.5. The van der Waals surface area contributed by atoms with Crippen molar-refractivity contribution in [2.75, 3.05) is 11.4 Å². The maximum absolute atomic E-state index is 13.6. The van der Waals surface area contributed by atoms with E-state index in [1.807, 2.05) is 61.5 Å². The van der Waals surface area contributed by atoms with Gasteiger partial charge in [-0.2, -0.15) is 0 Å². The summed E-state index contributed by atoms with van der Waals surface area (Å²) in [5.41, 5.74) is 2.17. The average molecular weight is 460 g/mol. The molecule has 2 aromatic carbocycles. The van der Waals surface area contributed by atoms with E-state index >= 15 is 0 Å². The van der Waals surface area contributed by atoms with Crippen molar-refractivity contribution in [3.63, 3.8) is 0 Å². The third-order valence-electron chi connectivity index (χ3n) is 6.11. The molecule has 1 fully saturated rings. The number of anilines is 1. The van der Waals surface area contributed by atoms with Crippen molar-refractivity contribution in [2.45, 2.75) is 44.7 Å². The molecule has 7 heteroatoms. The average Bonchev–Trinajstić information content (AvgIpc) is 3.56. The summed E-state index contributed by atoms with van der Waals surface area (Å²) in [5, 5.41) is 5.77. The van der Waals surface area contributed by atoms with E-state index in [1.165, 1.54) is 17.2 Å². The van der Waals surface area contributed by atoms with Crippen LogP contribution in [0.15, 0.2) is 77.4 Å². The summed E-state index contributed by atoms with van der Waals surface area (Å²) in [6, 6.07) is 19.1. The minimum atomic E-state index is -0.879. The number of amides is 3. The van der Waals surface area contributed by atoms with Gasteiger partial charge in [-0.15, -0.1) is 0 Å². The molecule has 1 aromatic heterocycles. The lowest BCUT2D eigenvalue weighted by Crippen LogP contribution is -2.49. The minimum Gasteiger partial charge on any atom is -0.459 e. The molecular formula is C27H29N3O4. The maximum atomic E-state index is 13.6. The lowest BCUT2D eigenvalue weighted by Gasteiger charge is -2.33. The van der Waals surface area contributed by atoms with Gasteiger partial charge in [0.05, 0.1) is 12.8 Å². The second kappa shape index (κ2) is 10.8. The highest BCUT2D eigenvalue weighted by Crippen LogP contribution is 2.31. The predicted molar refractivity (Wildman–Crippen MR) is 129 cm³/mol. The summed E-state index contributed by atoms with van der Waals surface area (Å²) in [6.45, 7) is 1.61. The van der Waals surface area contributed by atoms with Gasteiger partial charge < -0.3 is 15.1 Å². The zero-order valence-electron chi connectivity index (χ0n) is 19.2. The number of nitrogens with one attached hydrogen (secondary N) is 2. The van der Waals surface area contributed by atoms with Crippen molar-refractivity contribution < 1.29 is 18.8 Å². The second-order valence-corrected chi connectivity index (χ2v) is 8.51. The fraction of sp³-hybridized carbons (Fsp3) is 0.296. The maximum Gasteiger partial charge on any atom is 0.287 e. The van der Waals surface area contributed by atoms with Crippen LogP contribution in [0.25, 0.3) is 0 Å². The predicted octanol–water partition coefficient (Wildman–Crippen LogP) is 4.15. The van der Waals surface area contributed by atoms with Crippen LogP contribution in [0.5, 0.6) is 0 Å². The molecule has 0 bridgehead atoms. The summed E-state index contributed by atoms with van der Waals surface area (Å²) >= 11 is 0. The van der Waals surface area contributed by atoms with E-state index in [1.54, 1.807) is 6.07 Å². The Morgan fingerprint density at radius 2 is 1.68 bits per heavy atom. The van der Waals surface area contributed by atoms with Gasteiger partial charge in [0.1, 0.15) is 6.04 Å². The molecule has 3 aromatic rings. The van der Waals surface area contributed by atoms with E-state index in [2.05, 4.69) is 10.6 Å². The number of nitrogens with zero attached hydrogens (tertiary/aromatic N) is 1. The van der Waals surface area contributed by atoms with Gasteiger partial charge in [0.2, 0.25) is 11.8 Å². The highest BCUT2D eigenvalue weighted by Gasteiger charge is 2.34. The van der Waals surface area contributed by atoms with E-state index < -0.39 is 17.9 Å². The Morgan fingerprint density at radius 1 is 0.971 bits per heavy atom. The molecule has 1 aliphatic rings. The number of benzene rings is 2. The lowest BCUT2D eigenvalue weighted by atomic mass is 10.0. The highest BCUT2D eigenvalue weighted by molar-refractivity contribution is 6.04. The number of para-hydroxylation sites is 1. The van der Waals surface area contributed by atoms with Crippen LogP contribution in [-0.4, -0.2) is 30.3 Å². The smallest absolute Gasteiger partial charge is 0.287 e. The summed E-state index contributed by atoms with van der Waals surface area (Å²) in [6.07, 6.45) is 5.44. The van der Waals surface area contributed by atoms with Crippen LogP contribution < -0.4 is 15.5 Å². The highest BCUT2D eigenvalue weighted by atomic mass is 16.3. The van der Waals surface area contributed by atoms with Crippen LogP contribution in [0.4, 0.5) is 5.69 Å². The zero-order chi connectivity index (χ0) is 23.9. The van der Waals surface area contributed by atoms with Gasteiger partial charge in [-0.1, -0.05) is 61.4 Å². The molecule has 176 valence electrons. The van der Waals surface area contributed by atoms with Gasteiger partial charge in [-0.25, -0.2) is 0 Å². The van der Waals surface area contributed by atoms with Crippen molar-refractivity contribution in [1.82, 2.24) is 10.6 Å². The molecule has 4 rings (SSSR count). The van der Waals surface area contributed by atoms with E-state index in [9.17, 15) is 14.4 Å². The fourth-order valence-electron chi connectivity index (χ4n) is 4.39. The van der Waals surface area contributed by atoms with Crippen LogP contribution in [0, 0.1) is 6.92 Å². The first-order valence-electron chi connectivity index (χ1n) is 11.6. The topological polar surface area (TPSA) is 91.7 Å². The molecular weight excluding hydrogens is 430 g/mol. The Hall–Kier alpha value is -3.87. The summed E-state index contributed by atoms with van der Waals surface area (Å²) in [5.74, 6) is -1.000. The normalized spacial score (nSPS) is 14.4. The van der Waals surface area contributed by atoms with Gasteiger partial charge in [0.25, 0.3) is 5.91 Å². The quantitative estimate of drug-likeness (QED) is 0.529. The van der Waals surface area contributed by atoms with Gasteiger partial charge in [0, 0.05) is 11.7 Å². The molecule has 1 atom stereocenters. The molecule has 0 aliphatic heterocycles. The van der Waals surface area contributed by atoms with Crippen LogP contribution in [0.3, 0.4) is 0 Å². The molecule has 0 radical (unpaired) electrons. The number of furan rings is 1. The number of carbonyl (C=O) groups is 3. The number of hydrogen-bond donors (Lipinski definition) is 2. The number of carbonyl (C=O) groups excluding carboxylic acids is 3. The fourth-order valence-corrected chi connectivity index (χ4v) is 4.39. The molecule has 34 heavy (non-hydrogen) atoms. The SMILES string of the molecule is Cc1ccccc1N(C(=O)CNC(=O)c1ccco1)C(C(=O)NC1CCCC1)c1ccccc1. The Kier molecular flexibility index (Phi) is 7.42. The van der Waals surface area contributed by atoms with E-state index in [-0.39, 0.29) is 24.3 Å². The molecule has 3 amide bonds. The molecule has 2 N–H and O–H groups in total. The molecule has 7 nitrogen and oxygen atoms in total. The Labute approximate surface area is 199 Å². The molecule has 0 saturated heterocycles. The van der Waals surface area contributed by atoms with Gasteiger partial charge in [-0.3, -0.25) is 19.3 Å². The first kappa shape index (κ1) is 23.3. The van der Waals surface area contributed by atoms with E-state index in [4.69, 9.17) is 4.42 Å². The molecule has 1 heterocycles. The van der Waals surface area contributed by atoms with Gasteiger partial charge in [-0.05, 0) is 49.1 Å². The third kappa shape index (κ3) is 5.36. The van der Waals surface area contributed by atoms with Crippen LogP contribution >= 0.6 is 0 Å². The molecule has 1 saturated carbocycles. The standard InChI is InChI=1S/C27H29N3O4/c1-19-10-5-8-15-22(19)30(24(31)18-28-26(32)23-16-9-17-34-23)25(20-11-3-2-4-12-20)27(33)29-21-13-6-7-14-21/h2-5,8-12,15-17,21,25H,6-7,13-14,18H2,1H3,(H,28,32)(H,29,33). The molecule has 1 unspecified atom stereocenters. The first-order valence-corrected chi connectivity index (χ1v) is 11.6. The monoisotopic (exact) mass is 459 g/mol. The third-order valence-corrected chi connectivity index (χ3v) is 6.11. The summed E-state index contributed by atoms with van der Waals surface area (Å²) in [7, 11) is 0. The van der Waals surface area contributed by atoms with Crippen molar-refractivity contribution >= 4 is 23.4 Å². The minimum absolute atomic E-state index is 0.103. The van der Waals surface area contributed by atoms with Crippen LogP contribution in [0.1, 0.15) is 53.4 Å². The molecule has 0 spiro atoms. The second-order valence-electron chi connectivity index (χ2n) is 8.51. The number of hydrogen-bond acceptors (Lipinski definition) is 4. The molecule has 1 aliphatic carbocycles. The Bertz CT molecular complexity index is 1120. The van der Waals surface area contributed by atoms with E-state index in [0.717, 1.165) is 31.2 Å². The van der Waals surface area contributed by atoms with Crippen molar-refractivity contribution in [1.29, 1.82) is 0 Å². The largest absolute Gasteiger partial charge is 0.459 e. The number of rotatable bonds is 8. The van der Waals surface area contributed by atoms with Gasteiger partial charge >= 0.3 is 0 Å². The summed E-state index contributed by atoms with van der Waals surface area (Å²) < 4.78 is 5.12. The van der Waals surface area contributed by atoms with Crippen molar-refractivity contribution in [2.24, 2.45) is 0 Å². The van der Waals surface area contributed by atoms with Crippen molar-refractivity contribution in [3.8, 4) is 0 Å². The lowest BCUT2D eigenvalue weighted by molar-refractivity contribution is -0.126. The van der Waals surface area contributed by atoms with Gasteiger partial charge in [0.15, 0.2) is 5.76 Å². The van der Waals surface area contributed by atoms with Crippen LogP contribution in [0.2, 0.25) is 0 Å². The number of aryl methyl sites for hydroxylation is 1. The van der Waals surface area contributed by atoms with Crippen molar-refractivity contribution in [3.05, 3.63) is 89.9 Å².